The Morgan fingerprint density at radius 1 is 0.974 bits per heavy atom. The highest BCUT2D eigenvalue weighted by Gasteiger charge is 2.29. The van der Waals surface area contributed by atoms with Crippen molar-refractivity contribution in [2.45, 2.75) is 36.7 Å². The van der Waals surface area contributed by atoms with Crippen LogP contribution in [0.5, 0.6) is 0 Å². The number of carbonyl (C=O) groups excluding carboxylic acids is 2. The van der Waals surface area contributed by atoms with E-state index in [4.69, 9.17) is 11.6 Å². The Kier molecular flexibility index (Phi) is 7.27. The Morgan fingerprint density at radius 2 is 1.77 bits per heavy atom. The van der Waals surface area contributed by atoms with E-state index in [1.807, 2.05) is 84.9 Å². The van der Waals surface area contributed by atoms with Crippen LogP contribution in [0.3, 0.4) is 0 Å². The largest absolute Gasteiger partial charge is 0.345 e. The summed E-state index contributed by atoms with van der Waals surface area (Å²) in [5.74, 6) is -0.142. The van der Waals surface area contributed by atoms with Crippen LogP contribution in [0.15, 0.2) is 107 Å². The summed E-state index contributed by atoms with van der Waals surface area (Å²) in [5, 5.41) is 3.86. The molecule has 2 amide bonds. The van der Waals surface area contributed by atoms with Crippen LogP contribution in [-0.2, 0) is 17.8 Å². The first-order valence-corrected chi connectivity index (χ1v) is 14.3. The summed E-state index contributed by atoms with van der Waals surface area (Å²) in [5.41, 5.74) is 5.86. The van der Waals surface area contributed by atoms with Crippen molar-refractivity contribution < 1.29 is 9.59 Å². The van der Waals surface area contributed by atoms with Crippen LogP contribution in [-0.4, -0.2) is 11.8 Å². The number of para-hydroxylation sites is 1. The number of aryl methyl sites for hydroxylation is 1. The Labute approximate surface area is 237 Å². The van der Waals surface area contributed by atoms with E-state index in [9.17, 15) is 9.59 Å². The molecule has 1 aliphatic carbocycles. The van der Waals surface area contributed by atoms with Crippen molar-refractivity contribution in [3.05, 3.63) is 135 Å². The molecule has 1 heterocycles. The second-order valence-corrected chi connectivity index (χ2v) is 11.4. The van der Waals surface area contributed by atoms with Crippen LogP contribution in [0.25, 0.3) is 6.08 Å². The molecule has 0 aromatic heterocycles. The fourth-order valence-corrected chi connectivity index (χ4v) is 6.54. The lowest BCUT2D eigenvalue weighted by atomic mass is 9.87. The standard InChI is InChI=1S/C33H27ClN2O2S/c34-26-10-5-7-23(19-26)21-36-29-13-3-4-14-30(29)39-31(33(36)38)20-22-15-17-25(18-16-22)32(37)35-28-12-6-9-24-8-1-2-11-27(24)28/h1-5,7-8,10-11,13-20,28H,6,9,12,21H2,(H,35,37)/b31-20+/t28-/m0/s1. The third-order valence-electron chi connectivity index (χ3n) is 7.21. The second kappa shape index (κ2) is 11.1. The molecule has 6 rings (SSSR count). The molecule has 2 aliphatic rings. The van der Waals surface area contributed by atoms with Gasteiger partial charge in [-0.3, -0.25) is 9.59 Å². The SMILES string of the molecule is O=C(N[C@H]1CCCc2ccccc21)c1ccc(/C=C2/Sc3ccccc3N(Cc3cccc(Cl)c3)C2=O)cc1. The molecular formula is C33H27ClN2O2S. The normalized spacial score (nSPS) is 17.5. The van der Waals surface area contributed by atoms with E-state index < -0.39 is 0 Å². The maximum Gasteiger partial charge on any atom is 0.265 e. The van der Waals surface area contributed by atoms with Crippen LogP contribution in [0.4, 0.5) is 5.69 Å². The summed E-state index contributed by atoms with van der Waals surface area (Å²) in [6.45, 7) is 0.428. The lowest BCUT2D eigenvalue weighted by molar-refractivity contribution is -0.114. The first-order chi connectivity index (χ1) is 19.0. The minimum absolute atomic E-state index is 0.0334. The number of fused-ring (bicyclic) bond motifs is 2. The Morgan fingerprint density at radius 3 is 2.62 bits per heavy atom. The van der Waals surface area contributed by atoms with E-state index in [0.717, 1.165) is 41.0 Å². The smallest absolute Gasteiger partial charge is 0.265 e. The lowest BCUT2D eigenvalue weighted by Gasteiger charge is -2.30. The fourth-order valence-electron chi connectivity index (χ4n) is 5.26. The number of rotatable bonds is 5. The van der Waals surface area contributed by atoms with Gasteiger partial charge >= 0.3 is 0 Å². The number of nitrogens with zero attached hydrogens (tertiary/aromatic N) is 1. The van der Waals surface area contributed by atoms with Crippen LogP contribution in [0.2, 0.25) is 5.02 Å². The summed E-state index contributed by atoms with van der Waals surface area (Å²) in [4.78, 5) is 30.1. The number of halogens is 1. The summed E-state index contributed by atoms with van der Waals surface area (Å²) >= 11 is 7.67. The van der Waals surface area contributed by atoms with Gasteiger partial charge in [0.05, 0.1) is 23.2 Å². The zero-order valence-electron chi connectivity index (χ0n) is 21.3. The first-order valence-electron chi connectivity index (χ1n) is 13.1. The Balaban J connectivity index is 1.21. The molecule has 0 radical (unpaired) electrons. The van der Waals surface area contributed by atoms with Crippen LogP contribution >= 0.6 is 23.4 Å². The number of amides is 2. The molecule has 0 unspecified atom stereocenters. The molecule has 0 spiro atoms. The molecular weight excluding hydrogens is 524 g/mol. The van der Waals surface area contributed by atoms with E-state index in [-0.39, 0.29) is 17.9 Å². The summed E-state index contributed by atoms with van der Waals surface area (Å²) in [6.07, 6.45) is 4.97. The maximum atomic E-state index is 13.6. The average Bonchev–Trinajstić information content (AvgIpc) is 2.96. The van der Waals surface area contributed by atoms with Crippen molar-refractivity contribution in [1.29, 1.82) is 0 Å². The second-order valence-electron chi connectivity index (χ2n) is 9.84. The van der Waals surface area contributed by atoms with Crippen LogP contribution in [0.1, 0.15) is 51.5 Å². The zero-order valence-corrected chi connectivity index (χ0v) is 22.8. The molecule has 0 saturated carbocycles. The van der Waals surface area contributed by atoms with Gasteiger partial charge in [-0.05, 0) is 84.0 Å². The van der Waals surface area contributed by atoms with E-state index in [1.54, 1.807) is 4.90 Å². The number of thioether (sulfide) groups is 1. The summed E-state index contributed by atoms with van der Waals surface area (Å²) in [7, 11) is 0. The van der Waals surface area contributed by atoms with Crippen molar-refractivity contribution in [2.75, 3.05) is 4.90 Å². The predicted octanol–water partition coefficient (Wildman–Crippen LogP) is 7.83. The molecule has 4 nitrogen and oxygen atoms in total. The maximum absolute atomic E-state index is 13.6. The average molecular weight is 551 g/mol. The van der Waals surface area contributed by atoms with Gasteiger partial charge in [-0.2, -0.15) is 0 Å². The first kappa shape index (κ1) is 25.5. The molecule has 1 N–H and O–H groups in total. The van der Waals surface area contributed by atoms with E-state index in [0.29, 0.717) is 22.0 Å². The monoisotopic (exact) mass is 550 g/mol. The number of anilines is 1. The van der Waals surface area contributed by atoms with Crippen molar-refractivity contribution in [1.82, 2.24) is 5.32 Å². The van der Waals surface area contributed by atoms with Gasteiger partial charge in [0.2, 0.25) is 0 Å². The van der Waals surface area contributed by atoms with Gasteiger partial charge in [0.25, 0.3) is 11.8 Å². The van der Waals surface area contributed by atoms with Gasteiger partial charge in [-0.1, -0.05) is 84.0 Å². The minimum Gasteiger partial charge on any atom is -0.345 e. The van der Waals surface area contributed by atoms with Crippen molar-refractivity contribution in [2.24, 2.45) is 0 Å². The van der Waals surface area contributed by atoms with Crippen molar-refractivity contribution in [3.8, 4) is 0 Å². The Bertz CT molecular complexity index is 1580. The van der Waals surface area contributed by atoms with Crippen molar-refractivity contribution >= 4 is 46.9 Å². The molecule has 6 heteroatoms. The summed E-state index contributed by atoms with van der Waals surface area (Å²) in [6, 6.07) is 31.3. The third kappa shape index (κ3) is 5.51. The number of benzene rings is 4. The fraction of sp³-hybridized carbons (Fsp3) is 0.152. The van der Waals surface area contributed by atoms with E-state index >= 15 is 0 Å². The molecule has 0 fully saturated rings. The van der Waals surface area contributed by atoms with E-state index in [2.05, 4.69) is 23.5 Å². The highest BCUT2D eigenvalue weighted by Crippen LogP contribution is 2.42. The van der Waals surface area contributed by atoms with Gasteiger partial charge < -0.3 is 10.2 Å². The van der Waals surface area contributed by atoms with Gasteiger partial charge in [0.1, 0.15) is 0 Å². The molecule has 4 aromatic rings. The molecule has 194 valence electrons. The van der Waals surface area contributed by atoms with Gasteiger partial charge in [0, 0.05) is 15.5 Å². The topological polar surface area (TPSA) is 49.4 Å². The summed E-state index contributed by atoms with van der Waals surface area (Å²) < 4.78 is 0. The number of hydrogen-bond acceptors (Lipinski definition) is 3. The molecule has 0 bridgehead atoms. The lowest BCUT2D eigenvalue weighted by Crippen LogP contribution is -2.33. The zero-order chi connectivity index (χ0) is 26.8. The van der Waals surface area contributed by atoms with Gasteiger partial charge in [-0.15, -0.1) is 0 Å². The van der Waals surface area contributed by atoms with Crippen LogP contribution in [0, 0.1) is 0 Å². The van der Waals surface area contributed by atoms with Gasteiger partial charge in [-0.25, -0.2) is 0 Å². The predicted molar refractivity (Wildman–Crippen MR) is 159 cm³/mol. The molecule has 4 aromatic carbocycles. The number of hydrogen-bond donors (Lipinski definition) is 1. The van der Waals surface area contributed by atoms with Crippen molar-refractivity contribution in [3.63, 3.8) is 0 Å². The highest BCUT2D eigenvalue weighted by atomic mass is 35.5. The molecule has 1 atom stereocenters. The molecule has 0 saturated heterocycles. The molecule has 1 aliphatic heterocycles. The number of carbonyl (C=O) groups is 2. The van der Waals surface area contributed by atoms with Gasteiger partial charge in [0.15, 0.2) is 0 Å². The van der Waals surface area contributed by atoms with E-state index in [1.165, 1.54) is 22.9 Å². The minimum atomic E-state index is -0.0827. The Hall–Kier alpha value is -3.80. The molecule has 39 heavy (non-hydrogen) atoms. The quantitative estimate of drug-likeness (QED) is 0.258. The number of nitrogens with one attached hydrogen (secondary N) is 1. The highest BCUT2D eigenvalue weighted by molar-refractivity contribution is 8.04. The third-order valence-corrected chi connectivity index (χ3v) is 8.52. The van der Waals surface area contributed by atoms with Crippen LogP contribution < -0.4 is 10.2 Å².